The fourth-order valence-corrected chi connectivity index (χ4v) is 6.50. The molecule has 2 aliphatic rings. The van der Waals surface area contributed by atoms with Crippen LogP contribution in [0.2, 0.25) is 0 Å². The van der Waals surface area contributed by atoms with Crippen LogP contribution in [0.5, 0.6) is 5.75 Å². The van der Waals surface area contributed by atoms with Crippen LogP contribution in [-0.2, 0) is 22.9 Å². The van der Waals surface area contributed by atoms with Gasteiger partial charge in [0.2, 0.25) is 0 Å². The third-order valence-electron chi connectivity index (χ3n) is 7.53. The molecule has 192 valence electrons. The van der Waals surface area contributed by atoms with Gasteiger partial charge in [-0.15, -0.1) is 0 Å². The molecule has 1 N–H and O–H groups in total. The van der Waals surface area contributed by atoms with Gasteiger partial charge in [0, 0.05) is 24.9 Å². The topological polar surface area (TPSA) is 112 Å². The van der Waals surface area contributed by atoms with E-state index in [2.05, 4.69) is 0 Å². The molecule has 5 rings (SSSR count). The van der Waals surface area contributed by atoms with Crippen LogP contribution in [0.1, 0.15) is 72.5 Å². The summed E-state index contributed by atoms with van der Waals surface area (Å²) in [5, 5.41) is 20.4. The van der Waals surface area contributed by atoms with Gasteiger partial charge in [0.05, 0.1) is 27.8 Å². The lowest BCUT2D eigenvalue weighted by Gasteiger charge is -2.24. The summed E-state index contributed by atoms with van der Waals surface area (Å²) in [4.78, 5) is 13.3. The second-order valence-corrected chi connectivity index (χ2v) is 12.0. The molecule has 0 bridgehead atoms. The van der Waals surface area contributed by atoms with Crippen molar-refractivity contribution in [3.63, 3.8) is 0 Å². The molecular formula is C29H30N2O5S. The first-order chi connectivity index (χ1) is 17.8. The fourth-order valence-electron chi connectivity index (χ4n) is 5.31. The van der Waals surface area contributed by atoms with Gasteiger partial charge in [-0.2, -0.15) is 5.26 Å². The molecule has 0 saturated heterocycles. The molecule has 1 unspecified atom stereocenters. The summed E-state index contributed by atoms with van der Waals surface area (Å²) in [5.41, 5.74) is 2.13. The minimum Gasteiger partial charge on any atom is -0.507 e. The van der Waals surface area contributed by atoms with Gasteiger partial charge >= 0.3 is 5.63 Å². The molecule has 7 nitrogen and oxygen atoms in total. The molecule has 0 radical (unpaired) electrons. The standard InChI is InChI=1S/C29H30N2O5S/c1-31(37(34,35)23-15-11-19(18-30)12-16-23)22-8-6-7-21(17-22)26(20-13-14-20)27-28(32)24-9-4-2-3-5-10-25(24)36-29(27)33/h6-8,11-12,15-17,20,26,32H,2-5,9-10,13-14H2,1H3. The first-order valence-corrected chi connectivity index (χ1v) is 14.2. The molecule has 1 saturated carbocycles. The van der Waals surface area contributed by atoms with Gasteiger partial charge in [-0.1, -0.05) is 25.0 Å². The molecule has 2 aromatic carbocycles. The SMILES string of the molecule is CN(c1cccc(C(c2c(O)c3c(oc2=O)CCCCCC3)C2CC2)c1)S(=O)(=O)c1ccc(C#N)cc1. The number of hydrogen-bond acceptors (Lipinski definition) is 6. The van der Waals surface area contributed by atoms with Gasteiger partial charge in [-0.3, -0.25) is 4.31 Å². The molecule has 1 atom stereocenters. The van der Waals surface area contributed by atoms with Crippen LogP contribution in [0.3, 0.4) is 0 Å². The van der Waals surface area contributed by atoms with Crippen molar-refractivity contribution in [1.82, 2.24) is 0 Å². The average molecular weight is 519 g/mol. The van der Waals surface area contributed by atoms with Crippen LogP contribution in [0.15, 0.2) is 62.6 Å². The van der Waals surface area contributed by atoms with Gasteiger partial charge in [-0.25, -0.2) is 13.2 Å². The lowest BCUT2D eigenvalue weighted by Crippen LogP contribution is -2.27. The maximum atomic E-state index is 13.3. The summed E-state index contributed by atoms with van der Waals surface area (Å²) in [6.45, 7) is 0. The average Bonchev–Trinajstić information content (AvgIpc) is 3.72. The van der Waals surface area contributed by atoms with Gasteiger partial charge < -0.3 is 9.52 Å². The fraction of sp³-hybridized carbons (Fsp3) is 0.379. The number of aryl methyl sites for hydroxylation is 1. The van der Waals surface area contributed by atoms with Gasteiger partial charge in [0.1, 0.15) is 11.5 Å². The lowest BCUT2D eigenvalue weighted by atomic mass is 9.85. The Morgan fingerprint density at radius 1 is 1.05 bits per heavy atom. The maximum Gasteiger partial charge on any atom is 0.343 e. The van der Waals surface area contributed by atoms with E-state index in [1.807, 2.05) is 12.1 Å². The highest BCUT2D eigenvalue weighted by Gasteiger charge is 2.39. The van der Waals surface area contributed by atoms with Crippen LogP contribution in [-0.4, -0.2) is 20.6 Å². The van der Waals surface area contributed by atoms with Crippen LogP contribution < -0.4 is 9.93 Å². The summed E-state index contributed by atoms with van der Waals surface area (Å²) >= 11 is 0. The van der Waals surface area contributed by atoms with Gasteiger partial charge in [-0.05, 0) is 80.0 Å². The third kappa shape index (κ3) is 4.88. The van der Waals surface area contributed by atoms with Crippen molar-refractivity contribution in [2.45, 2.75) is 62.2 Å². The lowest BCUT2D eigenvalue weighted by molar-refractivity contribution is 0.382. The van der Waals surface area contributed by atoms with Crippen molar-refractivity contribution in [3.8, 4) is 11.8 Å². The molecular weight excluding hydrogens is 488 g/mol. The minimum absolute atomic E-state index is 0.0500. The molecule has 0 amide bonds. The van der Waals surface area contributed by atoms with E-state index in [0.717, 1.165) is 49.7 Å². The summed E-state index contributed by atoms with van der Waals surface area (Å²) < 4.78 is 33.6. The molecule has 8 heteroatoms. The number of rotatable bonds is 6. The normalized spacial score (nSPS) is 16.6. The van der Waals surface area contributed by atoms with E-state index >= 15 is 0 Å². The van der Waals surface area contributed by atoms with Crippen molar-refractivity contribution in [2.75, 3.05) is 11.4 Å². The van der Waals surface area contributed by atoms with Gasteiger partial charge in [0.15, 0.2) is 0 Å². The third-order valence-corrected chi connectivity index (χ3v) is 9.33. The Hall–Kier alpha value is -3.57. The van der Waals surface area contributed by atoms with Crippen molar-refractivity contribution in [3.05, 3.63) is 87.0 Å². The van der Waals surface area contributed by atoms with E-state index in [4.69, 9.17) is 9.68 Å². The second-order valence-electron chi connectivity index (χ2n) is 9.99. The Bertz CT molecular complexity index is 1520. The largest absolute Gasteiger partial charge is 0.507 e. The smallest absolute Gasteiger partial charge is 0.343 e. The van der Waals surface area contributed by atoms with Crippen LogP contribution >= 0.6 is 0 Å². The highest BCUT2D eigenvalue weighted by atomic mass is 32.2. The highest BCUT2D eigenvalue weighted by Crippen LogP contribution is 2.49. The first kappa shape index (κ1) is 25.1. The van der Waals surface area contributed by atoms with E-state index in [0.29, 0.717) is 29.9 Å². The Kier molecular flexibility index (Phi) is 6.82. The Balaban J connectivity index is 1.54. The number of sulfonamides is 1. The minimum atomic E-state index is -3.87. The molecule has 1 aromatic heterocycles. The van der Waals surface area contributed by atoms with E-state index in [-0.39, 0.29) is 28.0 Å². The van der Waals surface area contributed by atoms with Gasteiger partial charge in [0.25, 0.3) is 10.0 Å². The molecule has 1 fully saturated rings. The predicted octanol–water partition coefficient (Wildman–Crippen LogP) is 5.24. The molecule has 0 aliphatic heterocycles. The summed E-state index contributed by atoms with van der Waals surface area (Å²) in [5.74, 6) is 0.450. The number of anilines is 1. The molecule has 0 spiro atoms. The van der Waals surface area contributed by atoms with E-state index < -0.39 is 15.6 Å². The zero-order valence-corrected chi connectivity index (χ0v) is 21.6. The van der Waals surface area contributed by atoms with Crippen molar-refractivity contribution in [1.29, 1.82) is 5.26 Å². The first-order valence-electron chi connectivity index (χ1n) is 12.8. The molecule has 1 heterocycles. The number of aromatic hydroxyl groups is 1. The van der Waals surface area contributed by atoms with Crippen molar-refractivity contribution < 1.29 is 17.9 Å². The Morgan fingerprint density at radius 2 is 1.76 bits per heavy atom. The molecule has 37 heavy (non-hydrogen) atoms. The molecule has 3 aromatic rings. The number of nitriles is 1. The van der Waals surface area contributed by atoms with Crippen molar-refractivity contribution in [2.24, 2.45) is 5.92 Å². The summed E-state index contributed by atoms with van der Waals surface area (Å²) in [7, 11) is -2.39. The Labute approximate surface area is 217 Å². The van der Waals surface area contributed by atoms with Crippen LogP contribution in [0.4, 0.5) is 5.69 Å². The molecule has 2 aliphatic carbocycles. The van der Waals surface area contributed by atoms with Crippen molar-refractivity contribution >= 4 is 15.7 Å². The summed E-state index contributed by atoms with van der Waals surface area (Å²) in [6, 6.07) is 14.9. The van der Waals surface area contributed by atoms with Crippen LogP contribution in [0, 0.1) is 17.2 Å². The van der Waals surface area contributed by atoms with Crippen LogP contribution in [0.25, 0.3) is 0 Å². The highest BCUT2D eigenvalue weighted by molar-refractivity contribution is 7.92. The number of fused-ring (bicyclic) bond motifs is 1. The summed E-state index contributed by atoms with van der Waals surface area (Å²) in [6.07, 6.45) is 7.22. The quantitative estimate of drug-likeness (QED) is 0.477. The second kappa shape index (κ2) is 10.1. The van der Waals surface area contributed by atoms with E-state index in [1.54, 1.807) is 18.2 Å². The predicted molar refractivity (Wildman–Crippen MR) is 140 cm³/mol. The maximum absolute atomic E-state index is 13.3. The monoisotopic (exact) mass is 518 g/mol. The number of benzene rings is 2. The zero-order valence-electron chi connectivity index (χ0n) is 20.8. The van der Waals surface area contributed by atoms with E-state index in [9.17, 15) is 18.3 Å². The van der Waals surface area contributed by atoms with E-state index in [1.165, 1.54) is 35.6 Å². The number of nitrogens with zero attached hydrogens (tertiary/aromatic N) is 2. The number of hydrogen-bond donors (Lipinski definition) is 1. The zero-order chi connectivity index (χ0) is 26.2. The Morgan fingerprint density at radius 3 is 2.43 bits per heavy atom.